The predicted octanol–water partition coefficient (Wildman–Crippen LogP) is 5.50. The van der Waals surface area contributed by atoms with Gasteiger partial charge in [0, 0.05) is 47.8 Å². The van der Waals surface area contributed by atoms with Crippen molar-refractivity contribution in [3.8, 4) is 0 Å². The predicted molar refractivity (Wildman–Crippen MR) is 137 cm³/mol. The van der Waals surface area contributed by atoms with Gasteiger partial charge >= 0.3 is 5.63 Å². The van der Waals surface area contributed by atoms with Gasteiger partial charge in [-0.05, 0) is 61.0 Å². The normalized spacial score (nSPS) is 18.6. The smallest absolute Gasteiger partial charge is 0.345 e. The van der Waals surface area contributed by atoms with Crippen LogP contribution in [0.4, 0.5) is 10.2 Å². The zero-order chi connectivity index (χ0) is 23.9. The second-order valence-corrected chi connectivity index (χ2v) is 9.33. The number of nitrogens with zero attached hydrogens (tertiary/aromatic N) is 2. The Balaban J connectivity index is 1.20. The number of piperidine rings is 1. The lowest BCUT2D eigenvalue weighted by molar-refractivity contribution is 0.347. The van der Waals surface area contributed by atoms with Crippen LogP contribution >= 0.6 is 0 Å². The van der Waals surface area contributed by atoms with Gasteiger partial charge in [0.25, 0.3) is 0 Å². The topological polar surface area (TPSA) is 74.2 Å². The number of para-hydroxylation sites is 1. The quantitative estimate of drug-likeness (QED) is 0.332. The molecule has 4 heterocycles. The van der Waals surface area contributed by atoms with E-state index in [1.807, 2.05) is 48.7 Å². The number of halogens is 1. The second-order valence-electron chi connectivity index (χ2n) is 9.33. The first kappa shape index (κ1) is 21.8. The van der Waals surface area contributed by atoms with Crippen LogP contribution in [0.2, 0.25) is 0 Å². The van der Waals surface area contributed by atoms with Crippen LogP contribution in [0.5, 0.6) is 0 Å². The molecular formula is C28H27FN4O2. The minimum Gasteiger partial charge on any atom is -0.422 e. The SMILES string of the molecule is CCC1CC(NCc2cc3c(=O)oc4ccccc4c3[nH]2)CCN1c1nccc2ccc(F)cc12. The van der Waals surface area contributed by atoms with Gasteiger partial charge in [-0.25, -0.2) is 14.2 Å². The molecule has 0 radical (unpaired) electrons. The number of rotatable bonds is 5. The van der Waals surface area contributed by atoms with E-state index in [4.69, 9.17) is 4.42 Å². The summed E-state index contributed by atoms with van der Waals surface area (Å²) < 4.78 is 19.5. The average Bonchev–Trinajstić information content (AvgIpc) is 3.32. The largest absolute Gasteiger partial charge is 0.422 e. The van der Waals surface area contributed by atoms with Crippen molar-refractivity contribution in [3.05, 3.63) is 82.7 Å². The summed E-state index contributed by atoms with van der Waals surface area (Å²) in [5.74, 6) is 0.623. The van der Waals surface area contributed by atoms with E-state index in [1.54, 1.807) is 6.07 Å². The molecule has 178 valence electrons. The van der Waals surface area contributed by atoms with Crippen LogP contribution in [-0.4, -0.2) is 28.6 Å². The highest BCUT2D eigenvalue weighted by molar-refractivity contribution is 6.02. The van der Waals surface area contributed by atoms with E-state index >= 15 is 0 Å². The summed E-state index contributed by atoms with van der Waals surface area (Å²) in [6.45, 7) is 3.68. The van der Waals surface area contributed by atoms with Gasteiger partial charge in [0.15, 0.2) is 0 Å². The fourth-order valence-corrected chi connectivity index (χ4v) is 5.41. The summed E-state index contributed by atoms with van der Waals surface area (Å²) in [4.78, 5) is 22.8. The van der Waals surface area contributed by atoms with E-state index in [0.29, 0.717) is 29.6 Å². The van der Waals surface area contributed by atoms with Crippen molar-refractivity contribution in [1.29, 1.82) is 0 Å². The molecule has 2 aromatic carbocycles. The maximum atomic E-state index is 14.0. The van der Waals surface area contributed by atoms with Crippen molar-refractivity contribution in [1.82, 2.24) is 15.3 Å². The van der Waals surface area contributed by atoms with Crippen molar-refractivity contribution >= 4 is 38.5 Å². The van der Waals surface area contributed by atoms with Crippen LogP contribution in [0, 0.1) is 5.82 Å². The molecule has 3 aromatic heterocycles. The van der Waals surface area contributed by atoms with Gasteiger partial charge in [0.1, 0.15) is 17.2 Å². The molecule has 35 heavy (non-hydrogen) atoms. The Bertz CT molecular complexity index is 1590. The number of hydrogen-bond acceptors (Lipinski definition) is 5. The number of anilines is 1. The highest BCUT2D eigenvalue weighted by Gasteiger charge is 2.29. The Morgan fingerprint density at radius 1 is 1.14 bits per heavy atom. The van der Waals surface area contributed by atoms with E-state index < -0.39 is 0 Å². The van der Waals surface area contributed by atoms with Crippen molar-refractivity contribution in [3.63, 3.8) is 0 Å². The molecule has 1 saturated heterocycles. The Hall–Kier alpha value is -3.71. The molecule has 2 atom stereocenters. The molecule has 6 rings (SSSR count). The molecule has 0 spiro atoms. The van der Waals surface area contributed by atoms with Crippen LogP contribution in [-0.2, 0) is 6.54 Å². The van der Waals surface area contributed by atoms with Gasteiger partial charge in [-0.3, -0.25) is 0 Å². The molecule has 1 fully saturated rings. The molecule has 0 amide bonds. The fourth-order valence-electron chi connectivity index (χ4n) is 5.41. The number of hydrogen-bond donors (Lipinski definition) is 2. The number of benzene rings is 2. The lowest BCUT2D eigenvalue weighted by Gasteiger charge is -2.40. The van der Waals surface area contributed by atoms with E-state index in [9.17, 15) is 9.18 Å². The Morgan fingerprint density at radius 3 is 2.91 bits per heavy atom. The molecule has 1 aliphatic heterocycles. The van der Waals surface area contributed by atoms with E-state index in [0.717, 1.165) is 59.0 Å². The molecule has 0 saturated carbocycles. The molecule has 0 bridgehead atoms. The Kier molecular flexibility index (Phi) is 5.49. The standard InChI is InChI=1S/C28H27FN4O2/c1-2-21-14-19(10-12-33(21)27-23-13-18(29)8-7-17(23)9-11-30-27)31-16-20-15-24-26(32-20)22-5-3-4-6-25(22)35-28(24)34/h3-9,11,13,15,19,21,31-32H,2,10,12,14,16H2,1H3. The van der Waals surface area contributed by atoms with Gasteiger partial charge in [-0.1, -0.05) is 25.1 Å². The number of aromatic nitrogens is 2. The molecule has 2 N–H and O–H groups in total. The van der Waals surface area contributed by atoms with Crippen LogP contribution in [0.25, 0.3) is 32.6 Å². The van der Waals surface area contributed by atoms with Crippen LogP contribution < -0.4 is 15.8 Å². The minimum atomic E-state index is -0.320. The van der Waals surface area contributed by atoms with Crippen molar-refractivity contribution in [2.24, 2.45) is 0 Å². The molecule has 5 aromatic rings. The van der Waals surface area contributed by atoms with Crippen LogP contribution in [0.3, 0.4) is 0 Å². The van der Waals surface area contributed by atoms with Gasteiger partial charge < -0.3 is 19.6 Å². The zero-order valence-electron chi connectivity index (χ0n) is 19.6. The third kappa shape index (κ3) is 3.96. The highest BCUT2D eigenvalue weighted by Crippen LogP contribution is 2.31. The third-order valence-corrected chi connectivity index (χ3v) is 7.20. The van der Waals surface area contributed by atoms with Crippen LogP contribution in [0.15, 0.2) is 70.0 Å². The van der Waals surface area contributed by atoms with Crippen LogP contribution in [0.1, 0.15) is 31.9 Å². The number of pyridine rings is 1. The minimum absolute atomic E-state index is 0.239. The highest BCUT2D eigenvalue weighted by atomic mass is 19.1. The van der Waals surface area contributed by atoms with Crippen molar-refractivity contribution in [2.75, 3.05) is 11.4 Å². The zero-order valence-corrected chi connectivity index (χ0v) is 19.6. The summed E-state index contributed by atoms with van der Waals surface area (Å²) in [5, 5.41) is 7.03. The lowest BCUT2D eigenvalue weighted by Crippen LogP contribution is -2.48. The van der Waals surface area contributed by atoms with Gasteiger partial charge in [-0.15, -0.1) is 0 Å². The van der Waals surface area contributed by atoms with E-state index in [2.05, 4.69) is 27.1 Å². The number of nitrogens with one attached hydrogen (secondary N) is 2. The van der Waals surface area contributed by atoms with Gasteiger partial charge in [-0.2, -0.15) is 0 Å². The molecule has 6 nitrogen and oxygen atoms in total. The number of H-pyrrole nitrogens is 1. The molecule has 2 unspecified atom stereocenters. The molecule has 7 heteroatoms. The third-order valence-electron chi connectivity index (χ3n) is 7.20. The maximum Gasteiger partial charge on any atom is 0.345 e. The summed E-state index contributed by atoms with van der Waals surface area (Å²) in [7, 11) is 0. The van der Waals surface area contributed by atoms with Crippen molar-refractivity contribution < 1.29 is 8.81 Å². The lowest BCUT2D eigenvalue weighted by atomic mass is 9.94. The summed E-state index contributed by atoms with van der Waals surface area (Å²) in [6.07, 6.45) is 4.71. The van der Waals surface area contributed by atoms with Gasteiger partial charge in [0.05, 0.1) is 10.9 Å². The average molecular weight is 471 g/mol. The first-order valence-electron chi connectivity index (χ1n) is 12.2. The molecular weight excluding hydrogens is 443 g/mol. The van der Waals surface area contributed by atoms with Gasteiger partial charge in [0.2, 0.25) is 0 Å². The van der Waals surface area contributed by atoms with Crippen molar-refractivity contribution in [2.45, 2.75) is 44.8 Å². The molecule has 1 aliphatic rings. The Morgan fingerprint density at radius 2 is 2.03 bits per heavy atom. The fraction of sp³-hybridized carbons (Fsp3) is 0.286. The second kappa shape index (κ2) is 8.82. The van der Waals surface area contributed by atoms with E-state index in [-0.39, 0.29) is 11.4 Å². The number of aromatic amines is 1. The summed E-state index contributed by atoms with van der Waals surface area (Å²) >= 11 is 0. The number of fused-ring (bicyclic) bond motifs is 4. The molecule has 0 aliphatic carbocycles. The maximum absolute atomic E-state index is 14.0. The summed E-state index contributed by atoms with van der Waals surface area (Å²) in [5.41, 5.74) is 2.06. The first-order valence-corrected chi connectivity index (χ1v) is 12.2. The van der Waals surface area contributed by atoms with E-state index in [1.165, 1.54) is 6.07 Å². The summed E-state index contributed by atoms with van der Waals surface area (Å²) in [6, 6.07) is 16.9. The Labute approximate surface area is 201 Å². The monoisotopic (exact) mass is 470 g/mol. The first-order chi connectivity index (χ1) is 17.1.